The molecule has 0 bridgehead atoms. The Hall–Kier alpha value is -0.940. The molecule has 2 rings (SSSR count). The average molecular weight is 274 g/mol. The van der Waals surface area contributed by atoms with Gasteiger partial charge in [0.05, 0.1) is 22.6 Å². The molecule has 0 aromatic heterocycles. The van der Waals surface area contributed by atoms with Crippen LogP contribution in [0.3, 0.4) is 0 Å². The van der Waals surface area contributed by atoms with Crippen LogP contribution in [0.4, 0.5) is 5.69 Å². The minimum absolute atomic E-state index is 0.0138. The Morgan fingerprint density at radius 2 is 2.24 bits per heavy atom. The molecule has 0 spiro atoms. The van der Waals surface area contributed by atoms with Gasteiger partial charge < -0.3 is 4.74 Å². The SMILES string of the molecule is O=[N+]([O-])c1ccc(Cl)c(OCC2(CS)CC2)c1. The largest absolute Gasteiger partial charge is 0.491 e. The quantitative estimate of drug-likeness (QED) is 0.509. The van der Waals surface area contributed by atoms with Crippen LogP contribution in [-0.4, -0.2) is 17.3 Å². The molecule has 1 aromatic carbocycles. The van der Waals surface area contributed by atoms with Crippen molar-refractivity contribution in [3.05, 3.63) is 33.3 Å². The van der Waals surface area contributed by atoms with Crippen LogP contribution < -0.4 is 4.74 Å². The van der Waals surface area contributed by atoms with Crippen molar-refractivity contribution in [3.8, 4) is 5.75 Å². The molecule has 1 saturated carbocycles. The van der Waals surface area contributed by atoms with Gasteiger partial charge in [-0.25, -0.2) is 0 Å². The summed E-state index contributed by atoms with van der Waals surface area (Å²) >= 11 is 10.2. The molecule has 0 aliphatic heterocycles. The van der Waals surface area contributed by atoms with Gasteiger partial charge in [-0.2, -0.15) is 12.6 Å². The molecular weight excluding hydrogens is 262 g/mol. The highest BCUT2D eigenvalue weighted by Gasteiger charge is 2.42. The molecule has 6 heteroatoms. The number of non-ortho nitro benzene ring substituents is 1. The van der Waals surface area contributed by atoms with Crippen molar-refractivity contribution in [2.75, 3.05) is 12.4 Å². The number of nitro benzene ring substituents is 1. The highest BCUT2D eigenvalue weighted by molar-refractivity contribution is 7.80. The smallest absolute Gasteiger partial charge is 0.273 e. The number of thiol groups is 1. The number of nitrogens with zero attached hydrogens (tertiary/aromatic N) is 1. The van der Waals surface area contributed by atoms with Gasteiger partial charge in [-0.05, 0) is 24.7 Å². The summed E-state index contributed by atoms with van der Waals surface area (Å²) in [4.78, 5) is 10.2. The van der Waals surface area contributed by atoms with Gasteiger partial charge in [0.15, 0.2) is 0 Å². The Balaban J connectivity index is 2.09. The summed E-state index contributed by atoms with van der Waals surface area (Å²) in [6, 6.07) is 4.20. The molecule has 0 unspecified atom stereocenters. The van der Waals surface area contributed by atoms with Gasteiger partial charge in [0.1, 0.15) is 5.75 Å². The van der Waals surface area contributed by atoms with Crippen molar-refractivity contribution in [2.45, 2.75) is 12.8 Å². The predicted molar refractivity (Wildman–Crippen MR) is 69.1 cm³/mol. The van der Waals surface area contributed by atoms with E-state index in [-0.39, 0.29) is 11.1 Å². The summed E-state index contributed by atoms with van der Waals surface area (Å²) in [5.74, 6) is 1.13. The first-order chi connectivity index (χ1) is 8.06. The van der Waals surface area contributed by atoms with E-state index in [0.29, 0.717) is 17.4 Å². The Kier molecular flexibility index (Phi) is 3.49. The van der Waals surface area contributed by atoms with Crippen molar-refractivity contribution in [1.82, 2.24) is 0 Å². The first kappa shape index (κ1) is 12.5. The molecule has 0 atom stereocenters. The summed E-state index contributed by atoms with van der Waals surface area (Å²) < 4.78 is 5.56. The number of nitro groups is 1. The van der Waals surface area contributed by atoms with E-state index < -0.39 is 4.92 Å². The van der Waals surface area contributed by atoms with Crippen LogP contribution in [0.15, 0.2) is 18.2 Å². The summed E-state index contributed by atoms with van der Waals surface area (Å²) in [6.07, 6.45) is 2.17. The number of hydrogen-bond donors (Lipinski definition) is 1. The Bertz CT molecular complexity index is 448. The van der Waals surface area contributed by atoms with Gasteiger partial charge in [0.2, 0.25) is 0 Å². The van der Waals surface area contributed by atoms with Crippen LogP contribution >= 0.6 is 24.2 Å². The van der Waals surface area contributed by atoms with Gasteiger partial charge in [-0.1, -0.05) is 11.6 Å². The van der Waals surface area contributed by atoms with Gasteiger partial charge in [-0.15, -0.1) is 0 Å². The Morgan fingerprint density at radius 3 is 2.76 bits per heavy atom. The molecule has 0 heterocycles. The van der Waals surface area contributed by atoms with Crippen LogP contribution in [-0.2, 0) is 0 Å². The highest BCUT2D eigenvalue weighted by Crippen LogP contribution is 2.47. The lowest BCUT2D eigenvalue weighted by Crippen LogP contribution is -2.14. The minimum Gasteiger partial charge on any atom is -0.491 e. The summed E-state index contributed by atoms with van der Waals surface area (Å²) in [5, 5.41) is 11.0. The highest BCUT2D eigenvalue weighted by atomic mass is 35.5. The second kappa shape index (κ2) is 4.74. The van der Waals surface area contributed by atoms with Crippen LogP contribution in [0.2, 0.25) is 5.02 Å². The zero-order valence-corrected chi connectivity index (χ0v) is 10.7. The monoisotopic (exact) mass is 273 g/mol. The first-order valence-electron chi connectivity index (χ1n) is 5.24. The van der Waals surface area contributed by atoms with E-state index in [4.69, 9.17) is 16.3 Å². The maximum absolute atomic E-state index is 10.6. The lowest BCUT2D eigenvalue weighted by molar-refractivity contribution is -0.384. The van der Waals surface area contributed by atoms with Gasteiger partial charge in [-0.3, -0.25) is 10.1 Å². The lowest BCUT2D eigenvalue weighted by Gasteiger charge is -2.14. The van der Waals surface area contributed by atoms with Crippen molar-refractivity contribution in [3.63, 3.8) is 0 Å². The summed E-state index contributed by atoms with van der Waals surface area (Å²) in [7, 11) is 0. The fourth-order valence-corrected chi connectivity index (χ4v) is 2.05. The van der Waals surface area contributed by atoms with E-state index in [1.165, 1.54) is 18.2 Å². The Morgan fingerprint density at radius 1 is 1.53 bits per heavy atom. The van der Waals surface area contributed by atoms with Crippen LogP contribution in [0, 0.1) is 15.5 Å². The van der Waals surface area contributed by atoms with Gasteiger partial charge in [0.25, 0.3) is 5.69 Å². The third kappa shape index (κ3) is 2.84. The third-order valence-electron chi connectivity index (χ3n) is 2.95. The number of hydrogen-bond acceptors (Lipinski definition) is 4. The molecule has 0 saturated heterocycles. The van der Waals surface area contributed by atoms with Crippen molar-refractivity contribution < 1.29 is 9.66 Å². The second-order valence-electron chi connectivity index (χ2n) is 4.32. The minimum atomic E-state index is -0.464. The third-order valence-corrected chi connectivity index (χ3v) is 3.94. The first-order valence-corrected chi connectivity index (χ1v) is 6.25. The van der Waals surface area contributed by atoms with Gasteiger partial charge >= 0.3 is 0 Å². The Labute approximate surface area is 109 Å². The summed E-state index contributed by atoms with van der Waals surface area (Å²) in [5.41, 5.74) is 0.122. The lowest BCUT2D eigenvalue weighted by atomic mass is 10.2. The molecule has 0 N–H and O–H groups in total. The maximum atomic E-state index is 10.6. The molecular formula is C11H12ClNO3S. The standard InChI is InChI=1S/C11H12ClNO3S/c12-9-2-1-8(13(14)15)5-10(9)16-6-11(7-17)3-4-11/h1-2,5,17H,3-4,6-7H2. The second-order valence-corrected chi connectivity index (χ2v) is 5.04. The average Bonchev–Trinajstić information content (AvgIpc) is 3.08. The van der Waals surface area contributed by atoms with Crippen LogP contribution in [0.25, 0.3) is 0 Å². The zero-order valence-electron chi connectivity index (χ0n) is 9.06. The molecule has 1 aliphatic rings. The van der Waals surface area contributed by atoms with Crippen LogP contribution in [0.1, 0.15) is 12.8 Å². The van der Waals surface area contributed by atoms with E-state index >= 15 is 0 Å². The molecule has 4 nitrogen and oxygen atoms in total. The molecule has 1 fully saturated rings. The fraction of sp³-hybridized carbons (Fsp3) is 0.455. The van der Waals surface area contributed by atoms with E-state index in [2.05, 4.69) is 12.6 Å². The van der Waals surface area contributed by atoms with E-state index in [0.717, 1.165) is 18.6 Å². The normalized spacial score (nSPS) is 16.6. The van der Waals surface area contributed by atoms with E-state index in [1.807, 2.05) is 0 Å². The molecule has 0 amide bonds. The van der Waals surface area contributed by atoms with Crippen molar-refractivity contribution in [1.29, 1.82) is 0 Å². The number of benzene rings is 1. The van der Waals surface area contributed by atoms with E-state index in [1.54, 1.807) is 0 Å². The predicted octanol–water partition coefficient (Wildman–Crippen LogP) is 3.34. The molecule has 17 heavy (non-hydrogen) atoms. The topological polar surface area (TPSA) is 52.4 Å². The fourth-order valence-electron chi connectivity index (χ4n) is 1.47. The number of rotatable bonds is 5. The zero-order chi connectivity index (χ0) is 12.5. The van der Waals surface area contributed by atoms with Crippen molar-refractivity contribution >= 4 is 29.9 Å². The molecule has 0 radical (unpaired) electrons. The molecule has 1 aromatic rings. The maximum Gasteiger partial charge on any atom is 0.273 e. The number of halogens is 1. The molecule has 92 valence electrons. The van der Waals surface area contributed by atoms with Gasteiger partial charge in [0, 0.05) is 11.5 Å². The number of ether oxygens (including phenoxy) is 1. The van der Waals surface area contributed by atoms with Crippen LogP contribution in [0.5, 0.6) is 5.75 Å². The van der Waals surface area contributed by atoms with Crippen molar-refractivity contribution in [2.24, 2.45) is 5.41 Å². The summed E-state index contributed by atoms with van der Waals surface area (Å²) in [6.45, 7) is 0.511. The van der Waals surface area contributed by atoms with E-state index in [9.17, 15) is 10.1 Å². The molecule has 1 aliphatic carbocycles.